The van der Waals surface area contributed by atoms with Gasteiger partial charge in [0.2, 0.25) is 11.8 Å². The molecular weight excluding hydrogens is 453 g/mol. The lowest BCUT2D eigenvalue weighted by atomic mass is 10.1. The van der Waals surface area contributed by atoms with Crippen LogP contribution in [0.3, 0.4) is 0 Å². The Hall–Kier alpha value is -3.57. The Kier molecular flexibility index (Phi) is 5.25. The molecule has 0 saturated carbocycles. The van der Waals surface area contributed by atoms with Gasteiger partial charge in [0.05, 0.1) is 42.8 Å². The van der Waals surface area contributed by atoms with Gasteiger partial charge in [0.15, 0.2) is 17.5 Å². The Morgan fingerprint density at radius 2 is 1.82 bits per heavy atom. The zero-order valence-electron chi connectivity index (χ0n) is 18.6. The SMILES string of the molecule is CC(=O)N1C2CCC1C(=O)N(c1cnn3c1CN(C(=O)Nc1cc(F)c(F)c(F)c1)[C@@H](C)C3)C2. The van der Waals surface area contributed by atoms with Crippen LogP contribution in [0.5, 0.6) is 0 Å². The fourth-order valence-corrected chi connectivity index (χ4v) is 5.19. The van der Waals surface area contributed by atoms with E-state index >= 15 is 0 Å². The highest BCUT2D eigenvalue weighted by Gasteiger charge is 2.48. The third-order valence-corrected chi connectivity index (χ3v) is 6.81. The Balaban J connectivity index is 1.38. The van der Waals surface area contributed by atoms with E-state index in [1.807, 2.05) is 0 Å². The van der Waals surface area contributed by atoms with Crippen LogP contribution >= 0.6 is 0 Å². The van der Waals surface area contributed by atoms with Gasteiger partial charge in [0, 0.05) is 31.3 Å². The van der Waals surface area contributed by atoms with Crippen LogP contribution in [0.4, 0.5) is 29.3 Å². The molecule has 5 rings (SSSR count). The van der Waals surface area contributed by atoms with E-state index in [4.69, 9.17) is 0 Å². The molecule has 2 aromatic rings. The smallest absolute Gasteiger partial charge is 0.322 e. The number of aromatic nitrogens is 2. The van der Waals surface area contributed by atoms with E-state index in [-0.39, 0.29) is 36.1 Å². The number of piperazine rings is 1. The summed E-state index contributed by atoms with van der Waals surface area (Å²) in [7, 11) is 0. The van der Waals surface area contributed by atoms with Crippen LogP contribution in [0.25, 0.3) is 0 Å². The Bertz CT molecular complexity index is 1180. The molecule has 2 unspecified atom stereocenters. The molecule has 2 saturated heterocycles. The largest absolute Gasteiger partial charge is 0.326 e. The van der Waals surface area contributed by atoms with E-state index in [0.29, 0.717) is 43.0 Å². The van der Waals surface area contributed by atoms with Gasteiger partial charge < -0.3 is 20.0 Å². The van der Waals surface area contributed by atoms with Gasteiger partial charge >= 0.3 is 6.03 Å². The highest BCUT2D eigenvalue weighted by Crippen LogP contribution is 2.36. The van der Waals surface area contributed by atoms with E-state index < -0.39 is 29.5 Å². The average molecular weight is 476 g/mol. The minimum absolute atomic E-state index is 0.0686. The summed E-state index contributed by atoms with van der Waals surface area (Å²) in [4.78, 5) is 42.9. The third-order valence-electron chi connectivity index (χ3n) is 6.81. The van der Waals surface area contributed by atoms with Gasteiger partial charge in [-0.3, -0.25) is 14.3 Å². The van der Waals surface area contributed by atoms with Crippen molar-refractivity contribution in [1.29, 1.82) is 0 Å². The molecule has 0 radical (unpaired) electrons. The van der Waals surface area contributed by atoms with E-state index in [0.717, 1.165) is 6.42 Å². The number of rotatable bonds is 2. The van der Waals surface area contributed by atoms with Crippen molar-refractivity contribution in [2.75, 3.05) is 16.8 Å². The first kappa shape index (κ1) is 22.2. The topological polar surface area (TPSA) is 90.8 Å². The van der Waals surface area contributed by atoms with Gasteiger partial charge in [-0.05, 0) is 19.8 Å². The van der Waals surface area contributed by atoms with Crippen LogP contribution in [-0.4, -0.2) is 62.1 Å². The van der Waals surface area contributed by atoms with Crippen LogP contribution in [0.2, 0.25) is 0 Å². The predicted octanol–water partition coefficient (Wildman–Crippen LogP) is 2.46. The lowest BCUT2D eigenvalue weighted by molar-refractivity contribution is -0.139. The molecule has 3 aliphatic rings. The van der Waals surface area contributed by atoms with Crippen LogP contribution in [0.15, 0.2) is 18.3 Å². The number of nitrogens with one attached hydrogen (secondary N) is 1. The first-order chi connectivity index (χ1) is 16.2. The molecule has 0 aliphatic carbocycles. The summed E-state index contributed by atoms with van der Waals surface area (Å²) in [6.07, 6.45) is 2.95. The Morgan fingerprint density at radius 1 is 1.12 bits per heavy atom. The molecule has 1 aromatic carbocycles. The molecule has 34 heavy (non-hydrogen) atoms. The fourth-order valence-electron chi connectivity index (χ4n) is 5.19. The molecule has 4 amide bonds. The number of nitrogens with zero attached hydrogens (tertiary/aromatic N) is 5. The second kappa shape index (κ2) is 8.03. The number of hydrogen-bond donors (Lipinski definition) is 1. The molecule has 3 aliphatic heterocycles. The highest BCUT2D eigenvalue weighted by molar-refractivity contribution is 6.01. The van der Waals surface area contributed by atoms with Crippen molar-refractivity contribution in [3.05, 3.63) is 41.5 Å². The number of benzene rings is 1. The molecular formula is C22H23F3N6O3. The molecule has 0 spiro atoms. The quantitative estimate of drug-likeness (QED) is 0.675. The second-order valence-electron chi connectivity index (χ2n) is 8.94. The second-order valence-corrected chi connectivity index (χ2v) is 8.94. The fraction of sp³-hybridized carbons (Fsp3) is 0.455. The summed E-state index contributed by atoms with van der Waals surface area (Å²) < 4.78 is 42.1. The number of anilines is 2. The van der Waals surface area contributed by atoms with E-state index in [1.54, 1.807) is 27.6 Å². The van der Waals surface area contributed by atoms with Crippen LogP contribution < -0.4 is 10.2 Å². The molecule has 9 nitrogen and oxygen atoms in total. The number of carbonyl (C=O) groups is 3. The van der Waals surface area contributed by atoms with Gasteiger partial charge in [0.1, 0.15) is 6.04 Å². The standard InChI is InChI=1S/C22H23F3N6O3/c1-11-8-30-19(10-28(11)22(34)27-13-5-15(23)20(25)16(24)6-13)18(7-26-30)29-9-14-3-4-17(21(29)33)31(14)12(2)32/h5-7,11,14,17H,3-4,8-10H2,1-2H3,(H,27,34)/t11-,14?,17?/m0/s1. The van der Waals surface area contributed by atoms with Gasteiger partial charge in [-0.1, -0.05) is 0 Å². The minimum atomic E-state index is -1.61. The van der Waals surface area contributed by atoms with Crippen molar-refractivity contribution in [1.82, 2.24) is 19.6 Å². The van der Waals surface area contributed by atoms with Crippen LogP contribution in [0.1, 0.15) is 32.4 Å². The summed E-state index contributed by atoms with van der Waals surface area (Å²) >= 11 is 0. The van der Waals surface area contributed by atoms with E-state index in [2.05, 4.69) is 10.4 Å². The summed E-state index contributed by atoms with van der Waals surface area (Å²) in [5.41, 5.74) is 1.02. The van der Waals surface area contributed by atoms with Gasteiger partial charge in [-0.15, -0.1) is 0 Å². The molecule has 180 valence electrons. The predicted molar refractivity (Wildman–Crippen MR) is 114 cm³/mol. The summed E-state index contributed by atoms with van der Waals surface area (Å²) in [5.74, 6) is -4.71. The van der Waals surface area contributed by atoms with E-state index in [9.17, 15) is 27.6 Å². The number of halogens is 3. The minimum Gasteiger partial charge on any atom is -0.326 e. The third kappa shape index (κ3) is 3.48. The molecule has 12 heteroatoms. The molecule has 1 aromatic heterocycles. The zero-order chi connectivity index (χ0) is 24.3. The highest BCUT2D eigenvalue weighted by atomic mass is 19.2. The first-order valence-electron chi connectivity index (χ1n) is 11.0. The molecule has 4 heterocycles. The maximum Gasteiger partial charge on any atom is 0.322 e. The summed E-state index contributed by atoms with van der Waals surface area (Å²) in [5, 5.41) is 6.81. The van der Waals surface area contributed by atoms with Crippen molar-refractivity contribution in [2.24, 2.45) is 0 Å². The van der Waals surface area contributed by atoms with Gasteiger partial charge in [-0.25, -0.2) is 18.0 Å². The lowest BCUT2D eigenvalue weighted by Gasteiger charge is -2.40. The van der Waals surface area contributed by atoms with Crippen LogP contribution in [-0.2, 0) is 22.7 Å². The molecule has 1 N–H and O–H groups in total. The normalized spacial score (nSPS) is 23.9. The van der Waals surface area contributed by atoms with E-state index in [1.165, 1.54) is 11.8 Å². The maximum absolute atomic E-state index is 13.6. The monoisotopic (exact) mass is 476 g/mol. The van der Waals surface area contributed by atoms with Crippen molar-refractivity contribution in [2.45, 2.75) is 57.9 Å². The number of fused-ring (bicyclic) bond motifs is 3. The first-order valence-corrected chi connectivity index (χ1v) is 11.0. The van der Waals surface area contributed by atoms with Crippen molar-refractivity contribution in [3.8, 4) is 0 Å². The number of urea groups is 1. The van der Waals surface area contributed by atoms with Crippen molar-refractivity contribution < 1.29 is 27.6 Å². The molecule has 2 bridgehead atoms. The van der Waals surface area contributed by atoms with Crippen molar-refractivity contribution in [3.63, 3.8) is 0 Å². The number of amides is 4. The Labute approximate surface area is 193 Å². The van der Waals surface area contributed by atoms with Crippen molar-refractivity contribution >= 4 is 29.2 Å². The number of hydrogen-bond acceptors (Lipinski definition) is 4. The van der Waals surface area contributed by atoms with Gasteiger partial charge in [0.25, 0.3) is 0 Å². The average Bonchev–Trinajstić information content (AvgIpc) is 3.34. The molecule has 3 atom stereocenters. The number of carbonyl (C=O) groups excluding carboxylic acids is 3. The Morgan fingerprint density at radius 3 is 2.50 bits per heavy atom. The lowest BCUT2D eigenvalue weighted by Crippen LogP contribution is -2.59. The molecule has 2 fully saturated rings. The summed E-state index contributed by atoms with van der Waals surface area (Å²) in [6, 6.07) is -0.0773. The zero-order valence-corrected chi connectivity index (χ0v) is 18.6. The van der Waals surface area contributed by atoms with Gasteiger partial charge in [-0.2, -0.15) is 5.10 Å². The summed E-state index contributed by atoms with van der Waals surface area (Å²) in [6.45, 7) is 4.07. The van der Waals surface area contributed by atoms with Crippen LogP contribution in [0, 0.1) is 17.5 Å². The maximum atomic E-state index is 13.6.